The molecule has 84 valence electrons. The van der Waals surface area contributed by atoms with Crippen molar-refractivity contribution in [2.24, 2.45) is 5.73 Å². The number of hydrogen-bond donors (Lipinski definition) is 3. The summed E-state index contributed by atoms with van der Waals surface area (Å²) in [5.41, 5.74) is 5.57. The largest absolute Gasteiger partial charge is 0.480 e. The van der Waals surface area contributed by atoms with Crippen molar-refractivity contribution in [3.05, 3.63) is 22.4 Å². The van der Waals surface area contributed by atoms with Gasteiger partial charge in [0.25, 0.3) is 0 Å². The maximum atomic E-state index is 11.3. The molecule has 1 amide bonds. The van der Waals surface area contributed by atoms with Crippen LogP contribution in [0.4, 0.5) is 0 Å². The number of carboxylic acid groups (broad SMARTS) is 1. The van der Waals surface area contributed by atoms with Gasteiger partial charge in [-0.25, -0.2) is 0 Å². The van der Waals surface area contributed by atoms with Gasteiger partial charge in [0, 0.05) is 4.88 Å². The van der Waals surface area contributed by atoms with Crippen molar-refractivity contribution in [3.63, 3.8) is 0 Å². The lowest BCUT2D eigenvalue weighted by Gasteiger charge is -2.08. The lowest BCUT2D eigenvalue weighted by molar-refractivity contribution is -0.138. The van der Waals surface area contributed by atoms with Crippen molar-refractivity contribution in [3.8, 4) is 0 Å². The van der Waals surface area contributed by atoms with E-state index in [0.29, 0.717) is 4.88 Å². The van der Waals surface area contributed by atoms with E-state index in [9.17, 15) is 9.59 Å². The third kappa shape index (κ3) is 4.28. The monoisotopic (exact) mass is 250 g/mol. The van der Waals surface area contributed by atoms with E-state index < -0.39 is 24.5 Å². The fourth-order valence-corrected chi connectivity index (χ4v) is 1.60. The fourth-order valence-electron chi connectivity index (χ4n) is 0.870. The molecule has 1 rings (SSSR count). The van der Waals surface area contributed by atoms with Crippen LogP contribution in [0, 0.1) is 0 Å². The Morgan fingerprint density at radius 1 is 1.60 bits per heavy atom. The predicted molar refractivity (Wildman–Crippen MR) is 59.1 cm³/mol. The molecule has 0 spiro atoms. The minimum Gasteiger partial charge on any atom is -0.480 e. The Kier molecular flexibility index (Phi) is 5.92. The van der Waals surface area contributed by atoms with Crippen LogP contribution >= 0.6 is 23.7 Å². The topological polar surface area (TPSA) is 92.4 Å². The Labute approximate surface area is 96.7 Å². The summed E-state index contributed by atoms with van der Waals surface area (Å²) in [4.78, 5) is 22.1. The third-order valence-corrected chi connectivity index (χ3v) is 2.50. The molecule has 7 heteroatoms. The summed E-state index contributed by atoms with van der Waals surface area (Å²) in [5.74, 6) is -1.56. The van der Waals surface area contributed by atoms with E-state index >= 15 is 0 Å². The van der Waals surface area contributed by atoms with Gasteiger partial charge in [0.05, 0.1) is 0 Å². The van der Waals surface area contributed by atoms with Crippen molar-refractivity contribution in [2.75, 3.05) is 6.54 Å². The first-order valence-corrected chi connectivity index (χ1v) is 4.77. The SMILES string of the molecule is Cl.NC(C(=O)NCC(=O)O)c1cccs1. The normalized spacial score (nSPS) is 11.3. The number of carbonyl (C=O) groups is 2. The number of halogens is 1. The number of carboxylic acids is 1. The maximum absolute atomic E-state index is 11.3. The molecule has 0 aliphatic heterocycles. The zero-order valence-corrected chi connectivity index (χ0v) is 9.31. The van der Waals surface area contributed by atoms with Crippen LogP contribution < -0.4 is 11.1 Å². The van der Waals surface area contributed by atoms with Crippen LogP contribution in [0.2, 0.25) is 0 Å². The molecule has 1 heterocycles. The summed E-state index contributed by atoms with van der Waals surface area (Å²) in [7, 11) is 0. The molecule has 5 nitrogen and oxygen atoms in total. The van der Waals surface area contributed by atoms with Crippen LogP contribution in [0.15, 0.2) is 17.5 Å². The van der Waals surface area contributed by atoms with Gasteiger partial charge < -0.3 is 16.2 Å². The number of nitrogens with one attached hydrogen (secondary N) is 1. The summed E-state index contributed by atoms with van der Waals surface area (Å²) in [6, 6.07) is 2.73. The molecule has 0 saturated carbocycles. The third-order valence-electron chi connectivity index (χ3n) is 1.55. The summed E-state index contributed by atoms with van der Waals surface area (Å²) >= 11 is 1.36. The van der Waals surface area contributed by atoms with Crippen LogP contribution in [-0.2, 0) is 9.59 Å². The highest BCUT2D eigenvalue weighted by molar-refractivity contribution is 7.10. The van der Waals surface area contributed by atoms with E-state index in [2.05, 4.69) is 5.32 Å². The molecule has 0 aliphatic rings. The zero-order valence-electron chi connectivity index (χ0n) is 7.67. The van der Waals surface area contributed by atoms with Crippen molar-refractivity contribution in [1.82, 2.24) is 5.32 Å². The van der Waals surface area contributed by atoms with Crippen molar-refractivity contribution < 1.29 is 14.7 Å². The molecule has 1 aromatic heterocycles. The first-order chi connectivity index (χ1) is 6.61. The van der Waals surface area contributed by atoms with Gasteiger partial charge in [-0.15, -0.1) is 23.7 Å². The minimum atomic E-state index is -1.09. The van der Waals surface area contributed by atoms with Crippen molar-refractivity contribution in [2.45, 2.75) is 6.04 Å². The van der Waals surface area contributed by atoms with Gasteiger partial charge in [-0.1, -0.05) is 6.07 Å². The second-order valence-corrected chi connectivity index (χ2v) is 3.58. The smallest absolute Gasteiger partial charge is 0.322 e. The lowest BCUT2D eigenvalue weighted by atomic mass is 10.2. The molecule has 1 atom stereocenters. The molecule has 0 fully saturated rings. The molecule has 1 aromatic rings. The van der Waals surface area contributed by atoms with E-state index in [4.69, 9.17) is 10.8 Å². The Morgan fingerprint density at radius 3 is 2.73 bits per heavy atom. The number of hydrogen-bond acceptors (Lipinski definition) is 4. The van der Waals surface area contributed by atoms with E-state index in [0.717, 1.165) is 0 Å². The molecule has 1 unspecified atom stereocenters. The van der Waals surface area contributed by atoms with Crippen LogP contribution in [0.3, 0.4) is 0 Å². The maximum Gasteiger partial charge on any atom is 0.322 e. The first-order valence-electron chi connectivity index (χ1n) is 3.89. The number of thiophene rings is 1. The van der Waals surface area contributed by atoms with E-state index in [1.807, 2.05) is 0 Å². The van der Waals surface area contributed by atoms with Crippen LogP contribution in [0.25, 0.3) is 0 Å². The second kappa shape index (κ2) is 6.39. The Balaban J connectivity index is 0.00000196. The Hall–Kier alpha value is -1.11. The Morgan fingerprint density at radius 2 is 2.27 bits per heavy atom. The summed E-state index contributed by atoms with van der Waals surface area (Å²) in [6.45, 7) is -0.405. The molecule has 0 aliphatic carbocycles. The van der Waals surface area contributed by atoms with E-state index in [1.165, 1.54) is 11.3 Å². The highest BCUT2D eigenvalue weighted by Gasteiger charge is 2.16. The molecule has 0 radical (unpaired) electrons. The highest BCUT2D eigenvalue weighted by Crippen LogP contribution is 2.16. The second-order valence-electron chi connectivity index (χ2n) is 2.60. The summed E-state index contributed by atoms with van der Waals surface area (Å²) in [6.07, 6.45) is 0. The predicted octanol–water partition coefficient (Wildman–Crippen LogP) is 0.370. The van der Waals surface area contributed by atoms with E-state index in [1.54, 1.807) is 17.5 Å². The van der Waals surface area contributed by atoms with Gasteiger partial charge in [0.2, 0.25) is 5.91 Å². The van der Waals surface area contributed by atoms with E-state index in [-0.39, 0.29) is 12.4 Å². The van der Waals surface area contributed by atoms with Crippen molar-refractivity contribution >= 4 is 35.6 Å². The number of aliphatic carboxylic acids is 1. The van der Waals surface area contributed by atoms with Gasteiger partial charge in [-0.3, -0.25) is 9.59 Å². The number of nitrogens with two attached hydrogens (primary N) is 1. The molecule has 15 heavy (non-hydrogen) atoms. The van der Waals surface area contributed by atoms with Crippen LogP contribution in [0.5, 0.6) is 0 Å². The zero-order chi connectivity index (χ0) is 10.6. The van der Waals surface area contributed by atoms with Gasteiger partial charge in [-0.05, 0) is 11.4 Å². The van der Waals surface area contributed by atoms with Gasteiger partial charge in [0.15, 0.2) is 0 Å². The highest BCUT2D eigenvalue weighted by atomic mass is 35.5. The van der Waals surface area contributed by atoms with Crippen LogP contribution in [0.1, 0.15) is 10.9 Å². The van der Waals surface area contributed by atoms with Gasteiger partial charge >= 0.3 is 5.97 Å². The van der Waals surface area contributed by atoms with Gasteiger partial charge in [0.1, 0.15) is 12.6 Å². The average molecular weight is 251 g/mol. The van der Waals surface area contributed by atoms with Gasteiger partial charge in [-0.2, -0.15) is 0 Å². The molecule has 0 saturated heterocycles. The molecular weight excluding hydrogens is 240 g/mol. The molecule has 0 aromatic carbocycles. The number of rotatable bonds is 4. The summed E-state index contributed by atoms with van der Waals surface area (Å²) in [5, 5.41) is 12.3. The lowest BCUT2D eigenvalue weighted by Crippen LogP contribution is -2.36. The van der Waals surface area contributed by atoms with Crippen molar-refractivity contribution in [1.29, 1.82) is 0 Å². The fraction of sp³-hybridized carbons (Fsp3) is 0.250. The average Bonchev–Trinajstić information content (AvgIpc) is 2.65. The quantitative estimate of drug-likeness (QED) is 0.720. The summed E-state index contributed by atoms with van der Waals surface area (Å²) < 4.78 is 0. The van der Waals surface area contributed by atoms with Crippen LogP contribution in [-0.4, -0.2) is 23.5 Å². The Bertz CT molecular complexity index is 329. The standard InChI is InChI=1S/C8H10N2O3S.ClH/c9-7(5-2-1-3-14-5)8(13)10-4-6(11)12;/h1-3,7H,4,9H2,(H,10,13)(H,11,12);1H. The number of carbonyl (C=O) groups excluding carboxylic acids is 1. The molecule has 0 bridgehead atoms. The number of amides is 1. The minimum absolute atomic E-state index is 0. The molecule has 4 N–H and O–H groups in total. The first kappa shape index (κ1) is 13.9. The molecular formula is C8H11ClN2O3S.